The molecule has 1 heterocycles. The Labute approximate surface area is 90.8 Å². The summed E-state index contributed by atoms with van der Waals surface area (Å²) in [4.78, 5) is 1.43. The van der Waals surface area contributed by atoms with E-state index in [9.17, 15) is 5.11 Å². The van der Waals surface area contributed by atoms with Crippen LogP contribution < -0.4 is 0 Å². The van der Waals surface area contributed by atoms with Crippen molar-refractivity contribution in [3.63, 3.8) is 0 Å². The highest BCUT2D eigenvalue weighted by Gasteiger charge is 2.06. The lowest BCUT2D eigenvalue weighted by molar-refractivity contribution is 0.137. The molecule has 0 amide bonds. The maximum Gasteiger partial charge on any atom is 0.0542 e. The van der Waals surface area contributed by atoms with E-state index in [2.05, 4.69) is 31.4 Å². The normalized spacial score (nSPS) is 13.4. The Kier molecular flexibility index (Phi) is 5.20. The van der Waals surface area contributed by atoms with E-state index in [1.807, 2.05) is 0 Å². The lowest BCUT2D eigenvalue weighted by Crippen LogP contribution is -2.09. The fourth-order valence-corrected chi connectivity index (χ4v) is 2.38. The topological polar surface area (TPSA) is 20.2 Å². The van der Waals surface area contributed by atoms with Gasteiger partial charge < -0.3 is 5.11 Å². The van der Waals surface area contributed by atoms with E-state index in [1.54, 1.807) is 11.3 Å². The van der Waals surface area contributed by atoms with Crippen LogP contribution in [0.3, 0.4) is 0 Å². The number of thiophene rings is 1. The van der Waals surface area contributed by atoms with Gasteiger partial charge >= 0.3 is 0 Å². The molecule has 0 aliphatic heterocycles. The minimum Gasteiger partial charge on any atom is -0.393 e. The van der Waals surface area contributed by atoms with Crippen LogP contribution in [-0.4, -0.2) is 11.2 Å². The van der Waals surface area contributed by atoms with Crippen molar-refractivity contribution >= 4 is 11.3 Å². The standard InChI is InChI=1S/C12H20OS/c1-10(2)9-11(13)5-3-6-12-7-4-8-14-12/h4,7-8,10-11,13H,3,5-6,9H2,1-2H3. The van der Waals surface area contributed by atoms with Crippen molar-refractivity contribution in [2.24, 2.45) is 5.92 Å². The second kappa shape index (κ2) is 6.20. The fourth-order valence-electron chi connectivity index (χ4n) is 1.63. The first-order valence-electron chi connectivity index (χ1n) is 5.39. The zero-order valence-corrected chi connectivity index (χ0v) is 9.89. The summed E-state index contributed by atoms with van der Waals surface area (Å²) in [6.07, 6.45) is 4.00. The van der Waals surface area contributed by atoms with Crippen molar-refractivity contribution in [3.05, 3.63) is 22.4 Å². The third-order valence-corrected chi connectivity index (χ3v) is 3.22. The van der Waals surface area contributed by atoms with E-state index in [0.29, 0.717) is 5.92 Å². The Hall–Kier alpha value is -0.340. The number of rotatable bonds is 6. The van der Waals surface area contributed by atoms with Gasteiger partial charge in [-0.2, -0.15) is 0 Å². The molecule has 0 fully saturated rings. The average molecular weight is 212 g/mol. The second-order valence-corrected chi connectivity index (χ2v) is 5.29. The number of hydrogen-bond donors (Lipinski definition) is 1. The Bertz CT molecular complexity index is 228. The van der Waals surface area contributed by atoms with Gasteiger partial charge in [0.1, 0.15) is 0 Å². The van der Waals surface area contributed by atoms with E-state index in [-0.39, 0.29) is 6.10 Å². The predicted octanol–water partition coefficient (Wildman–Crippen LogP) is 3.48. The summed E-state index contributed by atoms with van der Waals surface area (Å²) < 4.78 is 0. The molecule has 2 heteroatoms. The van der Waals surface area contributed by atoms with E-state index >= 15 is 0 Å². The van der Waals surface area contributed by atoms with Crippen molar-refractivity contribution in [3.8, 4) is 0 Å². The Morgan fingerprint density at radius 1 is 1.43 bits per heavy atom. The molecule has 0 saturated carbocycles. The van der Waals surface area contributed by atoms with Crippen LogP contribution in [0, 0.1) is 5.92 Å². The van der Waals surface area contributed by atoms with Gasteiger partial charge in [-0.3, -0.25) is 0 Å². The lowest BCUT2D eigenvalue weighted by Gasteiger charge is -2.12. The van der Waals surface area contributed by atoms with E-state index < -0.39 is 0 Å². The van der Waals surface area contributed by atoms with Crippen LogP contribution in [0.5, 0.6) is 0 Å². The largest absolute Gasteiger partial charge is 0.393 e. The van der Waals surface area contributed by atoms with E-state index in [0.717, 1.165) is 25.7 Å². The molecule has 1 aromatic rings. The molecule has 0 spiro atoms. The molecule has 1 atom stereocenters. The van der Waals surface area contributed by atoms with Crippen LogP contribution in [0.4, 0.5) is 0 Å². The highest BCUT2D eigenvalue weighted by molar-refractivity contribution is 7.09. The number of aliphatic hydroxyl groups excluding tert-OH is 1. The summed E-state index contributed by atoms with van der Waals surface area (Å²) >= 11 is 1.81. The van der Waals surface area contributed by atoms with Crippen LogP contribution in [0.15, 0.2) is 17.5 Å². The molecular weight excluding hydrogens is 192 g/mol. The van der Waals surface area contributed by atoms with Gasteiger partial charge in [0.05, 0.1) is 6.10 Å². The van der Waals surface area contributed by atoms with Gasteiger partial charge in [-0.05, 0) is 43.0 Å². The Balaban J connectivity index is 2.09. The molecular formula is C12H20OS. The molecule has 1 rings (SSSR count). The van der Waals surface area contributed by atoms with Crippen LogP contribution in [-0.2, 0) is 6.42 Å². The monoisotopic (exact) mass is 212 g/mol. The van der Waals surface area contributed by atoms with Crippen LogP contribution in [0.2, 0.25) is 0 Å². The van der Waals surface area contributed by atoms with Gasteiger partial charge in [-0.1, -0.05) is 19.9 Å². The van der Waals surface area contributed by atoms with Crippen molar-refractivity contribution in [1.82, 2.24) is 0 Å². The average Bonchev–Trinajstić information content (AvgIpc) is 2.55. The van der Waals surface area contributed by atoms with Crippen molar-refractivity contribution in [1.29, 1.82) is 0 Å². The molecule has 0 aliphatic rings. The highest BCUT2D eigenvalue weighted by Crippen LogP contribution is 2.15. The van der Waals surface area contributed by atoms with E-state index in [4.69, 9.17) is 0 Å². The van der Waals surface area contributed by atoms with Crippen LogP contribution in [0.1, 0.15) is 38.0 Å². The first-order chi connectivity index (χ1) is 6.68. The molecule has 1 aromatic heterocycles. The fraction of sp³-hybridized carbons (Fsp3) is 0.667. The summed E-state index contributed by atoms with van der Waals surface area (Å²) in [6.45, 7) is 4.31. The summed E-state index contributed by atoms with van der Waals surface area (Å²) in [6, 6.07) is 4.25. The summed E-state index contributed by atoms with van der Waals surface area (Å²) in [5.74, 6) is 0.603. The molecule has 14 heavy (non-hydrogen) atoms. The van der Waals surface area contributed by atoms with Crippen molar-refractivity contribution in [2.75, 3.05) is 0 Å². The third kappa shape index (κ3) is 4.77. The van der Waals surface area contributed by atoms with Gasteiger partial charge in [-0.25, -0.2) is 0 Å². The molecule has 0 radical (unpaired) electrons. The molecule has 0 bridgehead atoms. The molecule has 0 aliphatic carbocycles. The van der Waals surface area contributed by atoms with Gasteiger partial charge in [0.25, 0.3) is 0 Å². The van der Waals surface area contributed by atoms with Crippen LogP contribution in [0.25, 0.3) is 0 Å². The molecule has 1 unspecified atom stereocenters. The van der Waals surface area contributed by atoms with Gasteiger partial charge in [0, 0.05) is 4.88 Å². The zero-order chi connectivity index (χ0) is 10.4. The van der Waals surface area contributed by atoms with Crippen molar-refractivity contribution in [2.45, 2.75) is 45.6 Å². The smallest absolute Gasteiger partial charge is 0.0542 e. The first-order valence-corrected chi connectivity index (χ1v) is 6.27. The Morgan fingerprint density at radius 3 is 2.79 bits per heavy atom. The molecule has 1 N–H and O–H groups in total. The number of aliphatic hydroxyl groups is 1. The zero-order valence-electron chi connectivity index (χ0n) is 9.07. The van der Waals surface area contributed by atoms with Crippen molar-refractivity contribution < 1.29 is 5.11 Å². The summed E-state index contributed by atoms with van der Waals surface area (Å²) in [7, 11) is 0. The molecule has 0 saturated heterocycles. The Morgan fingerprint density at radius 2 is 2.21 bits per heavy atom. The molecule has 0 aromatic carbocycles. The maximum absolute atomic E-state index is 9.65. The first kappa shape index (κ1) is 11.7. The lowest BCUT2D eigenvalue weighted by atomic mass is 10.0. The quantitative estimate of drug-likeness (QED) is 0.765. The number of aryl methyl sites for hydroxylation is 1. The maximum atomic E-state index is 9.65. The molecule has 1 nitrogen and oxygen atoms in total. The second-order valence-electron chi connectivity index (χ2n) is 4.25. The minimum atomic E-state index is -0.102. The highest BCUT2D eigenvalue weighted by atomic mass is 32.1. The number of hydrogen-bond acceptors (Lipinski definition) is 2. The van der Waals surface area contributed by atoms with Crippen LogP contribution >= 0.6 is 11.3 Å². The summed E-state index contributed by atoms with van der Waals surface area (Å²) in [5.41, 5.74) is 0. The van der Waals surface area contributed by atoms with Gasteiger partial charge in [0.2, 0.25) is 0 Å². The minimum absolute atomic E-state index is 0.102. The predicted molar refractivity (Wildman–Crippen MR) is 62.7 cm³/mol. The van der Waals surface area contributed by atoms with Gasteiger partial charge in [-0.15, -0.1) is 11.3 Å². The van der Waals surface area contributed by atoms with Gasteiger partial charge in [0.15, 0.2) is 0 Å². The summed E-state index contributed by atoms with van der Waals surface area (Å²) in [5, 5.41) is 11.8. The van der Waals surface area contributed by atoms with E-state index in [1.165, 1.54) is 4.88 Å². The molecule has 80 valence electrons. The SMILES string of the molecule is CC(C)CC(O)CCCc1cccs1. The third-order valence-electron chi connectivity index (χ3n) is 2.28.